The minimum atomic E-state index is -0.697. The molecule has 9 nitrogen and oxygen atoms in total. The fourth-order valence-corrected chi connectivity index (χ4v) is 4.26. The number of hydrogen-bond acceptors (Lipinski definition) is 8. The van der Waals surface area contributed by atoms with Crippen molar-refractivity contribution in [3.05, 3.63) is 54.1 Å². The molecule has 2 heterocycles. The summed E-state index contributed by atoms with van der Waals surface area (Å²) in [4.78, 5) is 38.5. The van der Waals surface area contributed by atoms with Crippen molar-refractivity contribution >= 4 is 34.7 Å². The number of fused-ring (bicyclic) bond motifs is 1. The van der Waals surface area contributed by atoms with E-state index in [-0.39, 0.29) is 5.97 Å². The minimum Gasteiger partial charge on any atom is -0.458 e. The predicted octanol–water partition coefficient (Wildman–Crippen LogP) is 5.05. The van der Waals surface area contributed by atoms with Crippen LogP contribution < -0.4 is 15.0 Å². The molecule has 0 saturated carbocycles. The Hall–Kier alpha value is -3.88. The van der Waals surface area contributed by atoms with Gasteiger partial charge in [0.15, 0.2) is 0 Å². The summed E-state index contributed by atoms with van der Waals surface area (Å²) in [7, 11) is 3.25. The fourth-order valence-electron chi connectivity index (χ4n) is 4.26. The van der Waals surface area contributed by atoms with Crippen LogP contribution in [0.25, 0.3) is 10.9 Å². The van der Waals surface area contributed by atoms with Crippen molar-refractivity contribution in [2.24, 2.45) is 0 Å². The van der Waals surface area contributed by atoms with Crippen molar-refractivity contribution in [2.75, 3.05) is 37.4 Å². The lowest BCUT2D eigenvalue weighted by Gasteiger charge is -2.28. The Morgan fingerprint density at radius 1 is 1.00 bits per heavy atom. The fraction of sp³-hybridized carbons (Fsp3) is 0.448. The van der Waals surface area contributed by atoms with Gasteiger partial charge in [-0.25, -0.2) is 14.6 Å². The summed E-state index contributed by atoms with van der Waals surface area (Å²) in [6, 6.07) is 14.2. The third kappa shape index (κ3) is 7.12. The molecule has 1 aromatic heterocycles. The van der Waals surface area contributed by atoms with Crippen LogP contribution in [0.3, 0.4) is 0 Å². The second kappa shape index (κ2) is 11.7. The molecule has 1 amide bonds. The SMILES string of the molecule is CN(C)C(=O)Oc1ccc(C[C@H](Nc2nc(N3CCCCC3)nc3ccccc23)C(=O)OC(C)(C)C)cc1. The number of nitrogens with one attached hydrogen (secondary N) is 1. The van der Waals surface area contributed by atoms with Gasteiger partial charge in [0, 0.05) is 39.0 Å². The van der Waals surface area contributed by atoms with Crippen molar-refractivity contribution in [2.45, 2.75) is 58.1 Å². The molecule has 1 atom stereocenters. The van der Waals surface area contributed by atoms with Gasteiger partial charge in [-0.1, -0.05) is 24.3 Å². The van der Waals surface area contributed by atoms with Gasteiger partial charge in [0.2, 0.25) is 5.95 Å². The lowest BCUT2D eigenvalue weighted by molar-refractivity contribution is -0.155. The average molecular weight is 520 g/mol. The molecule has 0 aliphatic carbocycles. The molecule has 1 saturated heterocycles. The number of nitrogens with zero attached hydrogens (tertiary/aromatic N) is 4. The number of aromatic nitrogens is 2. The third-order valence-corrected chi connectivity index (χ3v) is 6.17. The quantitative estimate of drug-likeness (QED) is 0.434. The van der Waals surface area contributed by atoms with Crippen molar-refractivity contribution < 1.29 is 19.1 Å². The Kier molecular flexibility index (Phi) is 8.34. The zero-order valence-electron chi connectivity index (χ0n) is 22.9. The molecule has 1 fully saturated rings. The van der Waals surface area contributed by atoms with Crippen LogP contribution in [0.5, 0.6) is 5.75 Å². The minimum absolute atomic E-state index is 0.355. The maximum atomic E-state index is 13.4. The molecule has 0 spiro atoms. The molecule has 1 aliphatic heterocycles. The molecular weight excluding hydrogens is 482 g/mol. The molecule has 2 aromatic carbocycles. The van der Waals surface area contributed by atoms with Gasteiger partial charge in [0.05, 0.1) is 5.52 Å². The van der Waals surface area contributed by atoms with Crippen LogP contribution >= 0.6 is 0 Å². The standard InChI is InChI=1S/C29H37N5O4/c1-29(2,3)38-26(35)24(19-20-13-15-21(16-14-20)37-28(36)33(4)5)30-25-22-11-7-8-12-23(22)31-27(32-25)34-17-9-6-10-18-34/h7-8,11-16,24H,6,9-10,17-19H2,1-5H3,(H,30,31,32)/t24-/m0/s1. The average Bonchev–Trinajstić information content (AvgIpc) is 2.88. The maximum Gasteiger partial charge on any atom is 0.414 e. The van der Waals surface area contributed by atoms with Gasteiger partial charge in [-0.05, 0) is 69.9 Å². The van der Waals surface area contributed by atoms with Crippen LogP contribution in [0.1, 0.15) is 45.6 Å². The van der Waals surface area contributed by atoms with E-state index in [4.69, 9.17) is 19.4 Å². The summed E-state index contributed by atoms with van der Waals surface area (Å²) < 4.78 is 11.1. The monoisotopic (exact) mass is 519 g/mol. The highest BCUT2D eigenvalue weighted by Gasteiger charge is 2.27. The van der Waals surface area contributed by atoms with Crippen molar-refractivity contribution in [1.29, 1.82) is 0 Å². The zero-order chi connectivity index (χ0) is 27.3. The topological polar surface area (TPSA) is 96.9 Å². The highest BCUT2D eigenvalue weighted by atomic mass is 16.6. The molecule has 0 radical (unpaired) electrons. The van der Waals surface area contributed by atoms with Crippen LogP contribution in [0.4, 0.5) is 16.6 Å². The van der Waals surface area contributed by atoms with Crippen molar-refractivity contribution in [1.82, 2.24) is 14.9 Å². The molecule has 38 heavy (non-hydrogen) atoms. The first kappa shape index (κ1) is 27.2. The molecule has 1 aliphatic rings. The molecule has 202 valence electrons. The Labute approximate surface area is 224 Å². The number of esters is 1. The van der Waals surface area contributed by atoms with E-state index in [0.29, 0.717) is 23.9 Å². The number of carbonyl (C=O) groups excluding carboxylic acids is 2. The molecular formula is C29H37N5O4. The molecule has 1 N–H and O–H groups in total. The van der Waals surface area contributed by atoms with Gasteiger partial charge < -0.3 is 24.6 Å². The number of piperidine rings is 1. The van der Waals surface area contributed by atoms with E-state index in [1.54, 1.807) is 26.2 Å². The molecule has 0 bridgehead atoms. The normalized spacial score (nSPS) is 14.6. The van der Waals surface area contributed by atoms with Crippen LogP contribution in [-0.4, -0.2) is 65.8 Å². The van der Waals surface area contributed by atoms with Gasteiger partial charge in [-0.3, -0.25) is 0 Å². The second-order valence-electron chi connectivity index (χ2n) is 10.8. The number of hydrogen-bond donors (Lipinski definition) is 1. The molecule has 0 unspecified atom stereocenters. The van der Waals surface area contributed by atoms with Crippen LogP contribution in [0, 0.1) is 0 Å². The highest BCUT2D eigenvalue weighted by molar-refractivity contribution is 5.92. The molecule has 3 aromatic rings. The Balaban J connectivity index is 1.63. The number of ether oxygens (including phenoxy) is 2. The zero-order valence-corrected chi connectivity index (χ0v) is 22.9. The Morgan fingerprint density at radius 3 is 2.34 bits per heavy atom. The van der Waals surface area contributed by atoms with Gasteiger partial charge >= 0.3 is 12.1 Å². The lowest BCUT2D eigenvalue weighted by Crippen LogP contribution is -2.38. The summed E-state index contributed by atoms with van der Waals surface area (Å²) in [5.74, 6) is 1.33. The smallest absolute Gasteiger partial charge is 0.414 e. The van der Waals surface area contributed by atoms with Gasteiger partial charge in [0.25, 0.3) is 0 Å². The van der Waals surface area contributed by atoms with Gasteiger partial charge in [0.1, 0.15) is 23.2 Å². The van der Waals surface area contributed by atoms with E-state index >= 15 is 0 Å². The van der Waals surface area contributed by atoms with Crippen molar-refractivity contribution in [3.8, 4) is 5.75 Å². The summed E-state index contributed by atoms with van der Waals surface area (Å²) >= 11 is 0. The number of carbonyl (C=O) groups is 2. The van der Waals surface area contributed by atoms with E-state index < -0.39 is 17.7 Å². The predicted molar refractivity (Wildman–Crippen MR) is 149 cm³/mol. The summed E-state index contributed by atoms with van der Waals surface area (Å²) in [6.07, 6.45) is 3.34. The Bertz CT molecular complexity index is 1260. The first-order valence-electron chi connectivity index (χ1n) is 13.1. The van der Waals surface area contributed by atoms with Crippen LogP contribution in [0.2, 0.25) is 0 Å². The summed E-state index contributed by atoms with van der Waals surface area (Å²) in [5.41, 5.74) is 1.06. The van der Waals surface area contributed by atoms with E-state index in [2.05, 4.69) is 10.2 Å². The lowest BCUT2D eigenvalue weighted by atomic mass is 10.0. The van der Waals surface area contributed by atoms with E-state index in [9.17, 15) is 9.59 Å². The third-order valence-electron chi connectivity index (χ3n) is 6.17. The maximum absolute atomic E-state index is 13.4. The number of rotatable bonds is 7. The van der Waals surface area contributed by atoms with Crippen LogP contribution in [0.15, 0.2) is 48.5 Å². The van der Waals surface area contributed by atoms with Crippen LogP contribution in [-0.2, 0) is 16.0 Å². The van der Waals surface area contributed by atoms with E-state index in [1.165, 1.54) is 11.3 Å². The van der Waals surface area contributed by atoms with E-state index in [0.717, 1.165) is 42.4 Å². The number of para-hydroxylation sites is 1. The number of amides is 1. The Morgan fingerprint density at radius 2 is 1.68 bits per heavy atom. The van der Waals surface area contributed by atoms with Crippen molar-refractivity contribution in [3.63, 3.8) is 0 Å². The molecule has 9 heteroatoms. The number of anilines is 2. The summed E-state index contributed by atoms with van der Waals surface area (Å²) in [6.45, 7) is 7.38. The first-order chi connectivity index (χ1) is 18.1. The second-order valence-corrected chi connectivity index (χ2v) is 10.8. The largest absolute Gasteiger partial charge is 0.458 e. The highest BCUT2D eigenvalue weighted by Crippen LogP contribution is 2.27. The summed E-state index contributed by atoms with van der Waals surface area (Å²) in [5, 5.41) is 4.23. The number of benzene rings is 2. The first-order valence-corrected chi connectivity index (χ1v) is 13.1. The van der Waals surface area contributed by atoms with Gasteiger partial charge in [-0.2, -0.15) is 4.98 Å². The van der Waals surface area contributed by atoms with Gasteiger partial charge in [-0.15, -0.1) is 0 Å². The van der Waals surface area contributed by atoms with E-state index in [1.807, 2.05) is 57.2 Å². The molecule has 4 rings (SSSR count).